The zero-order valence-corrected chi connectivity index (χ0v) is 14.9. The summed E-state index contributed by atoms with van der Waals surface area (Å²) < 4.78 is 0. The molecule has 4 heteroatoms. The van der Waals surface area contributed by atoms with Gasteiger partial charge in [0.2, 0.25) is 0 Å². The van der Waals surface area contributed by atoms with E-state index in [1.807, 2.05) is 11.3 Å². The van der Waals surface area contributed by atoms with Gasteiger partial charge in [-0.3, -0.25) is 4.90 Å². The molecule has 0 aromatic carbocycles. The number of rotatable bonds is 10. The van der Waals surface area contributed by atoms with Crippen LogP contribution in [0.15, 0.2) is 6.07 Å². The van der Waals surface area contributed by atoms with E-state index >= 15 is 0 Å². The van der Waals surface area contributed by atoms with E-state index in [0.29, 0.717) is 0 Å². The predicted molar refractivity (Wildman–Crippen MR) is 93.0 cm³/mol. The third-order valence-electron chi connectivity index (χ3n) is 4.01. The summed E-state index contributed by atoms with van der Waals surface area (Å²) in [5.74, 6) is 0. The maximum absolute atomic E-state index is 3.62. The van der Waals surface area contributed by atoms with Crippen LogP contribution in [0.2, 0.25) is 0 Å². The van der Waals surface area contributed by atoms with Gasteiger partial charge in [-0.25, -0.2) is 0 Å². The van der Waals surface area contributed by atoms with Gasteiger partial charge in [0.25, 0.3) is 0 Å². The van der Waals surface area contributed by atoms with Crippen molar-refractivity contribution in [3.05, 3.63) is 21.4 Å². The van der Waals surface area contributed by atoms with E-state index in [4.69, 9.17) is 0 Å². The van der Waals surface area contributed by atoms with Gasteiger partial charge in [-0.05, 0) is 58.5 Å². The van der Waals surface area contributed by atoms with E-state index in [0.717, 1.165) is 32.2 Å². The van der Waals surface area contributed by atoms with Crippen LogP contribution in [0.4, 0.5) is 0 Å². The molecule has 1 N–H and O–H groups in total. The van der Waals surface area contributed by atoms with E-state index in [1.165, 1.54) is 41.1 Å². The second-order valence-electron chi connectivity index (χ2n) is 6.53. The van der Waals surface area contributed by atoms with Crippen molar-refractivity contribution in [2.75, 3.05) is 33.7 Å². The van der Waals surface area contributed by atoms with Crippen LogP contribution in [-0.2, 0) is 13.1 Å². The molecule has 0 spiro atoms. The maximum atomic E-state index is 3.62. The highest BCUT2D eigenvalue weighted by molar-refractivity contribution is 7.12. The van der Waals surface area contributed by atoms with E-state index in [-0.39, 0.29) is 0 Å². The summed E-state index contributed by atoms with van der Waals surface area (Å²) in [6, 6.07) is 3.22. The quantitative estimate of drug-likeness (QED) is 0.716. The van der Waals surface area contributed by atoms with Crippen molar-refractivity contribution in [2.24, 2.45) is 0 Å². The summed E-state index contributed by atoms with van der Waals surface area (Å²) >= 11 is 1.97. The first-order valence-electron chi connectivity index (χ1n) is 8.27. The number of thiophene rings is 1. The lowest BCUT2D eigenvalue weighted by atomic mass is 10.2. The fraction of sp³-hybridized carbons (Fsp3) is 0.765. The summed E-state index contributed by atoms with van der Waals surface area (Å²) in [5.41, 5.74) is 1.53. The minimum atomic E-state index is 0.799. The molecular formula is C17H31N3S. The third kappa shape index (κ3) is 6.07. The Labute approximate surface area is 134 Å². The second kappa shape index (κ2) is 8.28. The number of aryl methyl sites for hydroxylation is 1. The number of hydrogen-bond acceptors (Lipinski definition) is 4. The molecule has 1 aromatic rings. The molecule has 0 saturated heterocycles. The topological polar surface area (TPSA) is 18.5 Å². The van der Waals surface area contributed by atoms with Crippen molar-refractivity contribution < 1.29 is 0 Å². The molecule has 0 atom stereocenters. The van der Waals surface area contributed by atoms with Crippen LogP contribution in [0.3, 0.4) is 0 Å². The normalized spacial score (nSPS) is 15.3. The van der Waals surface area contributed by atoms with Crippen LogP contribution in [0, 0.1) is 6.92 Å². The Kier molecular flexibility index (Phi) is 6.68. The molecule has 3 nitrogen and oxygen atoms in total. The summed E-state index contributed by atoms with van der Waals surface area (Å²) in [6.07, 6.45) is 3.96. The molecule has 1 heterocycles. The highest BCUT2D eigenvalue weighted by Crippen LogP contribution is 2.25. The molecule has 1 aromatic heterocycles. The van der Waals surface area contributed by atoms with Crippen LogP contribution in [0.5, 0.6) is 0 Å². The molecular weight excluding hydrogens is 278 g/mol. The Morgan fingerprint density at radius 2 is 2.00 bits per heavy atom. The monoisotopic (exact) mass is 309 g/mol. The highest BCUT2D eigenvalue weighted by atomic mass is 32.1. The largest absolute Gasteiger partial charge is 0.309 e. The second-order valence-corrected chi connectivity index (χ2v) is 7.87. The molecule has 0 aliphatic heterocycles. The van der Waals surface area contributed by atoms with Crippen molar-refractivity contribution >= 4 is 11.3 Å². The lowest BCUT2D eigenvalue weighted by Gasteiger charge is -2.23. The minimum Gasteiger partial charge on any atom is -0.309 e. The SMILES string of the molecule is CCCN(CCN(C)C)Cc1cc(CNC2CC2)sc1C. The number of hydrogen-bond donors (Lipinski definition) is 1. The minimum absolute atomic E-state index is 0.799. The first kappa shape index (κ1) is 16.9. The fourth-order valence-corrected chi connectivity index (χ4v) is 3.54. The van der Waals surface area contributed by atoms with Gasteiger partial charge in [-0.2, -0.15) is 0 Å². The Hall–Kier alpha value is -0.420. The van der Waals surface area contributed by atoms with E-state index in [1.54, 1.807) is 0 Å². The molecule has 0 bridgehead atoms. The Morgan fingerprint density at radius 3 is 2.62 bits per heavy atom. The molecule has 1 saturated carbocycles. The first-order valence-corrected chi connectivity index (χ1v) is 9.08. The average Bonchev–Trinajstić information content (AvgIpc) is 3.19. The van der Waals surface area contributed by atoms with Crippen molar-refractivity contribution in [3.63, 3.8) is 0 Å². The standard InChI is InChI=1S/C17H31N3S/c1-5-8-20(10-9-19(3)4)13-15-11-17(21-14(15)2)12-18-16-6-7-16/h11,16,18H,5-10,12-13H2,1-4H3. The van der Waals surface area contributed by atoms with Crippen molar-refractivity contribution in [1.82, 2.24) is 15.1 Å². The molecule has 1 aliphatic rings. The predicted octanol–water partition coefficient (Wildman–Crippen LogP) is 3.08. The maximum Gasteiger partial charge on any atom is 0.0302 e. The van der Waals surface area contributed by atoms with E-state index < -0.39 is 0 Å². The highest BCUT2D eigenvalue weighted by Gasteiger charge is 2.20. The lowest BCUT2D eigenvalue weighted by molar-refractivity contribution is 0.234. The third-order valence-corrected chi connectivity index (χ3v) is 5.10. The van der Waals surface area contributed by atoms with Gasteiger partial charge in [0.05, 0.1) is 0 Å². The summed E-state index contributed by atoms with van der Waals surface area (Å²) in [5, 5.41) is 3.62. The molecule has 0 unspecified atom stereocenters. The van der Waals surface area contributed by atoms with Crippen molar-refractivity contribution in [3.8, 4) is 0 Å². The smallest absolute Gasteiger partial charge is 0.0302 e. The fourth-order valence-electron chi connectivity index (χ4n) is 2.53. The summed E-state index contributed by atoms with van der Waals surface area (Å²) in [7, 11) is 4.31. The Bertz CT molecular complexity index is 424. The zero-order chi connectivity index (χ0) is 15.2. The van der Waals surface area contributed by atoms with Crippen molar-refractivity contribution in [2.45, 2.75) is 52.2 Å². The van der Waals surface area contributed by atoms with Crippen LogP contribution >= 0.6 is 11.3 Å². The van der Waals surface area contributed by atoms with Gasteiger partial charge < -0.3 is 10.2 Å². The van der Waals surface area contributed by atoms with Gasteiger partial charge in [-0.15, -0.1) is 11.3 Å². The molecule has 21 heavy (non-hydrogen) atoms. The molecule has 0 radical (unpaired) electrons. The van der Waals surface area contributed by atoms with E-state index in [9.17, 15) is 0 Å². The van der Waals surface area contributed by atoms with Crippen LogP contribution in [0.1, 0.15) is 41.5 Å². The van der Waals surface area contributed by atoms with Gasteiger partial charge in [0, 0.05) is 42.0 Å². The number of nitrogens with one attached hydrogen (secondary N) is 1. The average molecular weight is 310 g/mol. The summed E-state index contributed by atoms with van der Waals surface area (Å²) in [4.78, 5) is 7.85. The Morgan fingerprint density at radius 1 is 1.24 bits per heavy atom. The first-order chi connectivity index (χ1) is 10.1. The van der Waals surface area contributed by atoms with Gasteiger partial charge in [0.15, 0.2) is 0 Å². The van der Waals surface area contributed by atoms with Crippen LogP contribution in [0.25, 0.3) is 0 Å². The molecule has 120 valence electrons. The van der Waals surface area contributed by atoms with Gasteiger partial charge in [0.1, 0.15) is 0 Å². The number of nitrogens with zero attached hydrogens (tertiary/aromatic N) is 2. The Balaban J connectivity index is 1.88. The van der Waals surface area contributed by atoms with Gasteiger partial charge >= 0.3 is 0 Å². The van der Waals surface area contributed by atoms with Crippen molar-refractivity contribution in [1.29, 1.82) is 0 Å². The van der Waals surface area contributed by atoms with Crippen LogP contribution in [-0.4, -0.2) is 49.6 Å². The van der Waals surface area contributed by atoms with E-state index in [2.05, 4.69) is 49.1 Å². The molecule has 0 amide bonds. The molecule has 1 aliphatic carbocycles. The van der Waals surface area contributed by atoms with Gasteiger partial charge in [-0.1, -0.05) is 6.92 Å². The molecule has 2 rings (SSSR count). The van der Waals surface area contributed by atoms with Crippen LogP contribution < -0.4 is 5.32 Å². The lowest BCUT2D eigenvalue weighted by Crippen LogP contribution is -2.32. The molecule has 1 fully saturated rings. The number of likely N-dealkylation sites (N-methyl/N-ethyl adjacent to an activating group) is 1. The zero-order valence-electron chi connectivity index (χ0n) is 14.1. The summed E-state index contributed by atoms with van der Waals surface area (Å²) in [6.45, 7) is 10.2.